The smallest absolute Gasteiger partial charge is 0.303 e. The van der Waals surface area contributed by atoms with Gasteiger partial charge in [0.2, 0.25) is 0 Å². The third kappa shape index (κ3) is 6.28. The molecule has 0 aliphatic heterocycles. The van der Waals surface area contributed by atoms with Gasteiger partial charge in [0.05, 0.1) is 6.10 Å². The number of esters is 3. The molecule has 0 amide bonds. The van der Waals surface area contributed by atoms with E-state index in [4.69, 9.17) is 9.47 Å². The lowest BCUT2D eigenvalue weighted by Gasteiger charge is -2.30. The van der Waals surface area contributed by atoms with E-state index in [1.165, 1.54) is 6.92 Å². The minimum absolute atomic E-state index is 0.230. The third-order valence-electron chi connectivity index (χ3n) is 2.16. The van der Waals surface area contributed by atoms with E-state index in [0.29, 0.717) is 0 Å². The van der Waals surface area contributed by atoms with Crippen LogP contribution in [0, 0.1) is 0 Å². The second kappa shape index (κ2) is 8.26. The summed E-state index contributed by atoms with van der Waals surface area (Å²) in [5, 5.41) is 9.60. The number of carbonyl (C=O) groups excluding carboxylic acids is 4. The minimum Gasteiger partial charge on any atom is -0.456 e. The Labute approximate surface area is 116 Å². The van der Waals surface area contributed by atoms with Crippen molar-refractivity contribution in [1.29, 1.82) is 0 Å². The largest absolute Gasteiger partial charge is 0.456 e. The van der Waals surface area contributed by atoms with Gasteiger partial charge >= 0.3 is 17.9 Å². The second-order valence-corrected chi connectivity index (χ2v) is 4.10. The van der Waals surface area contributed by atoms with Gasteiger partial charge in [-0.05, 0) is 6.92 Å². The maximum atomic E-state index is 11.1. The molecule has 0 saturated carbocycles. The van der Waals surface area contributed by atoms with Crippen molar-refractivity contribution in [3.63, 3.8) is 0 Å². The lowest BCUT2D eigenvalue weighted by molar-refractivity contribution is -0.190. The quantitative estimate of drug-likeness (QED) is 0.374. The van der Waals surface area contributed by atoms with E-state index in [1.807, 2.05) is 0 Å². The molecule has 0 heterocycles. The first-order valence-electron chi connectivity index (χ1n) is 5.84. The molecule has 0 aromatic heterocycles. The van der Waals surface area contributed by atoms with Crippen molar-refractivity contribution in [3.8, 4) is 0 Å². The molecule has 0 fully saturated rings. The van der Waals surface area contributed by atoms with Gasteiger partial charge in [0.1, 0.15) is 0 Å². The SMILES string of the molecule is CC(=O)O[C@@H]([C@H](OC(C)=O)[C@@H](C)O)[C@H](C=O)OC(C)=O. The van der Waals surface area contributed by atoms with Crippen LogP contribution in [0.3, 0.4) is 0 Å². The number of carbonyl (C=O) groups is 4. The molecule has 0 saturated heterocycles. The number of aliphatic hydroxyl groups is 1. The number of rotatable bonds is 7. The van der Waals surface area contributed by atoms with Gasteiger partial charge in [-0.3, -0.25) is 19.2 Å². The fourth-order valence-corrected chi connectivity index (χ4v) is 1.51. The Morgan fingerprint density at radius 2 is 1.30 bits per heavy atom. The molecule has 20 heavy (non-hydrogen) atoms. The molecule has 4 atom stereocenters. The maximum absolute atomic E-state index is 11.1. The normalized spacial score (nSPS) is 16.2. The van der Waals surface area contributed by atoms with Crippen molar-refractivity contribution in [1.82, 2.24) is 0 Å². The highest BCUT2D eigenvalue weighted by molar-refractivity contribution is 5.72. The predicted octanol–water partition coefficient (Wildman–Crippen LogP) is -0.639. The molecule has 0 rings (SSSR count). The minimum atomic E-state index is -1.49. The summed E-state index contributed by atoms with van der Waals surface area (Å²) in [6.45, 7) is 4.49. The highest BCUT2D eigenvalue weighted by Crippen LogP contribution is 2.16. The van der Waals surface area contributed by atoms with Crippen LogP contribution in [0.4, 0.5) is 0 Å². The van der Waals surface area contributed by atoms with Crippen molar-refractivity contribution < 1.29 is 38.5 Å². The highest BCUT2D eigenvalue weighted by atomic mass is 16.6. The van der Waals surface area contributed by atoms with Crippen molar-refractivity contribution in [3.05, 3.63) is 0 Å². The van der Waals surface area contributed by atoms with Crippen LogP contribution in [0.1, 0.15) is 27.7 Å². The zero-order valence-electron chi connectivity index (χ0n) is 11.7. The van der Waals surface area contributed by atoms with E-state index in [9.17, 15) is 24.3 Å². The van der Waals surface area contributed by atoms with Crippen LogP contribution in [0.25, 0.3) is 0 Å². The van der Waals surface area contributed by atoms with Crippen molar-refractivity contribution in [2.45, 2.75) is 52.1 Å². The Bertz CT molecular complexity index is 376. The molecule has 0 bridgehead atoms. The molecule has 8 heteroatoms. The van der Waals surface area contributed by atoms with Crippen LogP contribution in [-0.2, 0) is 33.4 Å². The molecule has 0 aliphatic rings. The van der Waals surface area contributed by atoms with Gasteiger partial charge in [-0.15, -0.1) is 0 Å². The number of aldehydes is 1. The zero-order chi connectivity index (χ0) is 15.9. The van der Waals surface area contributed by atoms with Crippen LogP contribution in [0.15, 0.2) is 0 Å². The van der Waals surface area contributed by atoms with Crippen LogP contribution < -0.4 is 0 Å². The fraction of sp³-hybridized carbons (Fsp3) is 0.667. The van der Waals surface area contributed by atoms with Gasteiger partial charge in [0.15, 0.2) is 24.6 Å². The average Bonchev–Trinajstić information content (AvgIpc) is 2.29. The highest BCUT2D eigenvalue weighted by Gasteiger charge is 2.39. The summed E-state index contributed by atoms with van der Waals surface area (Å²) in [4.78, 5) is 44.0. The van der Waals surface area contributed by atoms with Crippen LogP contribution in [0.2, 0.25) is 0 Å². The summed E-state index contributed by atoms with van der Waals surface area (Å²) in [5.74, 6) is -2.32. The number of aliphatic hydroxyl groups excluding tert-OH is 1. The van der Waals surface area contributed by atoms with Crippen LogP contribution in [0.5, 0.6) is 0 Å². The molecule has 0 spiro atoms. The summed E-state index contributed by atoms with van der Waals surface area (Å²) in [7, 11) is 0. The van der Waals surface area contributed by atoms with E-state index in [-0.39, 0.29) is 6.29 Å². The van der Waals surface area contributed by atoms with E-state index in [1.54, 1.807) is 0 Å². The Balaban J connectivity index is 5.33. The molecule has 0 radical (unpaired) electrons. The van der Waals surface area contributed by atoms with Crippen LogP contribution in [-0.4, -0.2) is 53.7 Å². The first-order valence-corrected chi connectivity index (χ1v) is 5.84. The summed E-state index contributed by atoms with van der Waals surface area (Å²) >= 11 is 0. The van der Waals surface area contributed by atoms with E-state index in [0.717, 1.165) is 20.8 Å². The summed E-state index contributed by atoms with van der Waals surface area (Å²) < 4.78 is 14.4. The van der Waals surface area contributed by atoms with Gasteiger partial charge in [0.25, 0.3) is 0 Å². The average molecular weight is 290 g/mol. The van der Waals surface area contributed by atoms with Gasteiger partial charge < -0.3 is 19.3 Å². The summed E-state index contributed by atoms with van der Waals surface area (Å²) in [5.41, 5.74) is 0. The Morgan fingerprint density at radius 3 is 1.60 bits per heavy atom. The maximum Gasteiger partial charge on any atom is 0.303 e. The molecular formula is C12H18O8. The first-order chi connectivity index (χ1) is 9.18. The topological polar surface area (TPSA) is 116 Å². The predicted molar refractivity (Wildman–Crippen MR) is 64.4 cm³/mol. The molecular weight excluding hydrogens is 272 g/mol. The third-order valence-corrected chi connectivity index (χ3v) is 2.16. The molecule has 8 nitrogen and oxygen atoms in total. The molecule has 114 valence electrons. The van der Waals surface area contributed by atoms with Gasteiger partial charge in [-0.1, -0.05) is 0 Å². The van der Waals surface area contributed by atoms with Gasteiger partial charge in [-0.25, -0.2) is 0 Å². The van der Waals surface area contributed by atoms with Crippen molar-refractivity contribution in [2.75, 3.05) is 0 Å². The fourth-order valence-electron chi connectivity index (χ4n) is 1.51. The molecule has 1 N–H and O–H groups in total. The van der Waals surface area contributed by atoms with Crippen molar-refractivity contribution >= 4 is 24.2 Å². The standard InChI is InChI=1S/C12H18O8/c1-6(14)11(19-8(3)16)12(20-9(4)17)10(5-13)18-7(2)15/h5-6,10-12,14H,1-4H3/t6-,10+,11-,12-/m1/s1. The van der Waals surface area contributed by atoms with Crippen molar-refractivity contribution in [2.24, 2.45) is 0 Å². The van der Waals surface area contributed by atoms with E-state index in [2.05, 4.69) is 4.74 Å². The van der Waals surface area contributed by atoms with Gasteiger partial charge in [0, 0.05) is 20.8 Å². The zero-order valence-corrected chi connectivity index (χ0v) is 11.7. The Kier molecular flexibility index (Phi) is 7.45. The lowest BCUT2D eigenvalue weighted by Crippen LogP contribution is -2.50. The van der Waals surface area contributed by atoms with E-state index < -0.39 is 42.3 Å². The monoisotopic (exact) mass is 290 g/mol. The number of hydrogen-bond donors (Lipinski definition) is 1. The summed E-state index contributed by atoms with van der Waals surface area (Å²) in [6.07, 6.45) is -5.28. The Hall–Kier alpha value is -1.96. The van der Waals surface area contributed by atoms with E-state index >= 15 is 0 Å². The molecule has 0 unspecified atom stereocenters. The summed E-state index contributed by atoms with van der Waals surface area (Å²) in [6, 6.07) is 0. The number of hydrogen-bond acceptors (Lipinski definition) is 8. The van der Waals surface area contributed by atoms with Gasteiger partial charge in [-0.2, -0.15) is 0 Å². The number of ether oxygens (including phenoxy) is 3. The lowest BCUT2D eigenvalue weighted by atomic mass is 10.0. The second-order valence-electron chi connectivity index (χ2n) is 4.10. The van der Waals surface area contributed by atoms with Crippen LogP contribution >= 0.6 is 0 Å². The molecule has 0 aromatic rings. The Morgan fingerprint density at radius 1 is 0.900 bits per heavy atom. The molecule has 0 aromatic carbocycles. The first kappa shape index (κ1) is 18.0. The molecule has 0 aliphatic carbocycles.